The molecule has 146 valence electrons. The largest absolute Gasteiger partial charge is 0.310 e. The van der Waals surface area contributed by atoms with E-state index in [1.54, 1.807) is 0 Å². The third kappa shape index (κ3) is 1.87. The molecule has 2 aliphatic rings. The molecule has 0 fully saturated rings. The number of hydrogen-bond acceptors (Lipinski definition) is 0. The van der Waals surface area contributed by atoms with Crippen LogP contribution in [0.2, 0.25) is 0 Å². The first-order chi connectivity index (χ1) is 15.9. The van der Waals surface area contributed by atoms with Gasteiger partial charge in [0.15, 0.2) is 0 Å². The van der Waals surface area contributed by atoms with Gasteiger partial charge in [-0.2, -0.15) is 0 Å². The molecule has 0 N–H and O–H groups in total. The van der Waals surface area contributed by atoms with Crippen molar-refractivity contribution >= 4 is 44.9 Å². The normalized spacial score (nSPS) is 12.9. The highest BCUT2D eigenvalue weighted by molar-refractivity contribution is 6.99. The standard InChI is InChI=1S/C30H18BN/c1-2-10-20-19(9-1)21-11-3-5-15-25(21)31-26-16-7-14-24-22-12-4-6-17-27(22)32(30(24)26)28-18-8-13-23(20)29(28)31/h1-18H. The van der Waals surface area contributed by atoms with Crippen molar-refractivity contribution in [3.8, 4) is 27.9 Å². The second-order valence-electron chi connectivity index (χ2n) is 8.90. The molecule has 0 saturated heterocycles. The molecule has 0 saturated carbocycles. The van der Waals surface area contributed by atoms with Crippen LogP contribution in [0.1, 0.15) is 0 Å². The maximum Gasteiger partial charge on any atom is 0.248 e. The molecule has 0 bridgehead atoms. The van der Waals surface area contributed by atoms with E-state index in [1.165, 1.54) is 66.1 Å². The summed E-state index contributed by atoms with van der Waals surface area (Å²) >= 11 is 0. The van der Waals surface area contributed by atoms with Crippen molar-refractivity contribution < 1.29 is 0 Å². The number of para-hydroxylation sites is 2. The Labute approximate surface area is 186 Å². The van der Waals surface area contributed by atoms with Crippen LogP contribution in [0.3, 0.4) is 0 Å². The van der Waals surface area contributed by atoms with E-state index in [1.807, 2.05) is 0 Å². The minimum absolute atomic E-state index is 0.213. The zero-order chi connectivity index (χ0) is 20.8. The van der Waals surface area contributed by atoms with Gasteiger partial charge in [-0.25, -0.2) is 0 Å². The number of hydrogen-bond donors (Lipinski definition) is 0. The minimum atomic E-state index is 0.213. The lowest BCUT2D eigenvalue weighted by Crippen LogP contribution is -2.56. The molecule has 0 amide bonds. The Balaban J connectivity index is 1.67. The summed E-state index contributed by atoms with van der Waals surface area (Å²) in [6, 6.07) is 40.4. The van der Waals surface area contributed by atoms with Gasteiger partial charge in [0.2, 0.25) is 6.71 Å². The molecular formula is C30H18BN. The highest BCUT2D eigenvalue weighted by Crippen LogP contribution is 2.38. The first kappa shape index (κ1) is 16.6. The number of rotatable bonds is 0. The molecular weight excluding hydrogens is 385 g/mol. The second kappa shape index (κ2) is 5.80. The summed E-state index contributed by atoms with van der Waals surface area (Å²) in [6.45, 7) is 0.213. The van der Waals surface area contributed by atoms with Crippen LogP contribution in [-0.4, -0.2) is 11.3 Å². The third-order valence-electron chi connectivity index (χ3n) is 7.43. The molecule has 8 rings (SSSR count). The number of benzene rings is 5. The Kier molecular flexibility index (Phi) is 3.02. The Morgan fingerprint density at radius 2 is 1.09 bits per heavy atom. The monoisotopic (exact) mass is 403 g/mol. The summed E-state index contributed by atoms with van der Waals surface area (Å²) in [5.74, 6) is 0. The summed E-state index contributed by atoms with van der Waals surface area (Å²) in [4.78, 5) is 0. The van der Waals surface area contributed by atoms with Crippen molar-refractivity contribution in [1.29, 1.82) is 0 Å². The van der Waals surface area contributed by atoms with Crippen molar-refractivity contribution in [3.05, 3.63) is 109 Å². The lowest BCUT2D eigenvalue weighted by Gasteiger charge is -2.28. The van der Waals surface area contributed by atoms with E-state index >= 15 is 0 Å². The van der Waals surface area contributed by atoms with Crippen LogP contribution in [0, 0.1) is 0 Å². The molecule has 0 unspecified atom stereocenters. The minimum Gasteiger partial charge on any atom is -0.310 e. The first-order valence-electron chi connectivity index (χ1n) is 11.3. The number of nitrogens with zero attached hydrogens (tertiary/aromatic N) is 1. The smallest absolute Gasteiger partial charge is 0.248 e. The number of aromatic nitrogens is 1. The Hall–Kier alpha value is -4.04. The highest BCUT2D eigenvalue weighted by atomic mass is 15.0. The van der Waals surface area contributed by atoms with E-state index in [-0.39, 0.29) is 6.71 Å². The molecule has 0 aliphatic carbocycles. The predicted molar refractivity (Wildman–Crippen MR) is 136 cm³/mol. The lowest BCUT2D eigenvalue weighted by molar-refractivity contribution is 1.19. The van der Waals surface area contributed by atoms with Crippen LogP contribution in [0.15, 0.2) is 109 Å². The molecule has 0 radical (unpaired) electrons. The van der Waals surface area contributed by atoms with E-state index in [0.717, 1.165) is 0 Å². The maximum absolute atomic E-state index is 2.51. The zero-order valence-electron chi connectivity index (χ0n) is 17.4. The van der Waals surface area contributed by atoms with Gasteiger partial charge < -0.3 is 4.57 Å². The fourth-order valence-corrected chi connectivity index (χ4v) is 6.24. The Morgan fingerprint density at radius 1 is 0.469 bits per heavy atom. The zero-order valence-corrected chi connectivity index (χ0v) is 17.4. The fourth-order valence-electron chi connectivity index (χ4n) is 6.24. The van der Waals surface area contributed by atoms with Crippen molar-refractivity contribution in [2.24, 2.45) is 0 Å². The second-order valence-corrected chi connectivity index (χ2v) is 8.90. The quantitative estimate of drug-likeness (QED) is 0.305. The predicted octanol–water partition coefficient (Wildman–Crippen LogP) is 5.26. The molecule has 0 atom stereocenters. The van der Waals surface area contributed by atoms with Gasteiger partial charge in [-0.05, 0) is 45.3 Å². The van der Waals surface area contributed by atoms with Crippen molar-refractivity contribution in [1.82, 2.24) is 4.57 Å². The number of fused-ring (bicyclic) bond motifs is 10. The van der Waals surface area contributed by atoms with Gasteiger partial charge in [-0.15, -0.1) is 0 Å². The third-order valence-corrected chi connectivity index (χ3v) is 7.43. The van der Waals surface area contributed by atoms with Crippen molar-refractivity contribution in [2.75, 3.05) is 0 Å². The molecule has 3 heterocycles. The molecule has 6 aromatic rings. The van der Waals surface area contributed by atoms with Crippen LogP contribution >= 0.6 is 0 Å². The topological polar surface area (TPSA) is 4.93 Å². The lowest BCUT2D eigenvalue weighted by atomic mass is 9.34. The van der Waals surface area contributed by atoms with E-state index < -0.39 is 0 Å². The van der Waals surface area contributed by atoms with Crippen molar-refractivity contribution in [3.63, 3.8) is 0 Å². The van der Waals surface area contributed by atoms with E-state index in [2.05, 4.69) is 114 Å². The fraction of sp³-hybridized carbons (Fsp3) is 0. The van der Waals surface area contributed by atoms with Crippen LogP contribution in [0.25, 0.3) is 49.7 Å². The molecule has 2 aliphatic heterocycles. The maximum atomic E-state index is 2.51. The van der Waals surface area contributed by atoms with Crippen LogP contribution in [-0.2, 0) is 0 Å². The van der Waals surface area contributed by atoms with Gasteiger partial charge in [0.1, 0.15) is 0 Å². The summed E-state index contributed by atoms with van der Waals surface area (Å²) in [7, 11) is 0. The van der Waals surface area contributed by atoms with Crippen LogP contribution < -0.4 is 16.4 Å². The average Bonchev–Trinajstić information content (AvgIpc) is 3.14. The molecule has 1 nitrogen and oxygen atoms in total. The summed E-state index contributed by atoms with van der Waals surface area (Å²) in [5, 5.41) is 2.67. The van der Waals surface area contributed by atoms with Gasteiger partial charge in [-0.3, -0.25) is 0 Å². The molecule has 32 heavy (non-hydrogen) atoms. The van der Waals surface area contributed by atoms with E-state index in [9.17, 15) is 0 Å². The Morgan fingerprint density at radius 3 is 2.00 bits per heavy atom. The molecule has 2 heteroatoms. The first-order valence-corrected chi connectivity index (χ1v) is 11.3. The highest BCUT2D eigenvalue weighted by Gasteiger charge is 2.38. The molecule has 0 spiro atoms. The molecule has 5 aromatic carbocycles. The van der Waals surface area contributed by atoms with Gasteiger partial charge >= 0.3 is 0 Å². The van der Waals surface area contributed by atoms with Crippen molar-refractivity contribution in [2.45, 2.75) is 0 Å². The summed E-state index contributed by atoms with van der Waals surface area (Å²) < 4.78 is 2.51. The van der Waals surface area contributed by atoms with Crippen LogP contribution in [0.5, 0.6) is 0 Å². The molecule has 1 aromatic heterocycles. The van der Waals surface area contributed by atoms with Crippen LogP contribution in [0.4, 0.5) is 0 Å². The van der Waals surface area contributed by atoms with E-state index in [4.69, 9.17) is 0 Å². The average molecular weight is 403 g/mol. The summed E-state index contributed by atoms with van der Waals surface area (Å²) in [5.41, 5.74) is 13.5. The van der Waals surface area contributed by atoms with Gasteiger partial charge in [-0.1, -0.05) is 103 Å². The van der Waals surface area contributed by atoms with Gasteiger partial charge in [0, 0.05) is 22.0 Å². The SMILES string of the molecule is c1ccc2c(c1)B1c3c(cccc3-n3c4ccccc4c4cccc1c43)-c1ccccc1-2. The van der Waals surface area contributed by atoms with Gasteiger partial charge in [0.05, 0.1) is 5.52 Å². The van der Waals surface area contributed by atoms with Gasteiger partial charge in [0.25, 0.3) is 0 Å². The summed E-state index contributed by atoms with van der Waals surface area (Å²) in [6.07, 6.45) is 0. The Bertz CT molecular complexity index is 1740. The van der Waals surface area contributed by atoms with E-state index in [0.29, 0.717) is 0 Å².